The van der Waals surface area contributed by atoms with Crippen LogP contribution in [0.4, 0.5) is 0 Å². The highest BCUT2D eigenvalue weighted by Crippen LogP contribution is 2.28. The normalized spacial score (nSPS) is 15.7. The Morgan fingerprint density at radius 1 is 1.08 bits per heavy atom. The van der Waals surface area contributed by atoms with Crippen molar-refractivity contribution in [2.24, 2.45) is 0 Å². The molecule has 2 rings (SSSR count). The van der Waals surface area contributed by atoms with E-state index in [2.05, 4.69) is 10.2 Å². The molecule has 0 spiro atoms. The van der Waals surface area contributed by atoms with Gasteiger partial charge in [0.05, 0.1) is 18.8 Å². The zero-order valence-corrected chi connectivity index (χ0v) is 6.32. The predicted molar refractivity (Wildman–Crippen MR) is 38.7 cm³/mol. The lowest BCUT2D eigenvalue weighted by Crippen LogP contribution is -2.11. The molecule has 0 unspecified atom stereocenters. The number of aromatic nitrogens is 2. The number of nitrogens with zero attached hydrogens (tertiary/aromatic N) is 2. The Balaban J connectivity index is 2.57. The molecule has 1 aliphatic heterocycles. The molecule has 0 saturated carbocycles. The van der Waals surface area contributed by atoms with Gasteiger partial charge in [-0.1, -0.05) is 0 Å². The first-order chi connectivity index (χ1) is 5.79. The first-order valence-electron chi connectivity index (χ1n) is 3.63. The summed E-state index contributed by atoms with van der Waals surface area (Å²) in [5.74, 6) is -0.256. The molecule has 1 aromatic rings. The molecule has 2 N–H and O–H groups in total. The highest BCUT2D eigenvalue weighted by Gasteiger charge is 2.18. The molecule has 0 radical (unpaired) electrons. The number of hydrogen-bond donors (Lipinski definition) is 2. The molecule has 5 heteroatoms. The lowest BCUT2D eigenvalue weighted by atomic mass is 10.1. The maximum Gasteiger partial charge on any atom is 0.237 e. The minimum Gasteiger partial charge on any atom is -0.492 e. The number of hydrogen-bond acceptors (Lipinski definition) is 5. The average Bonchev–Trinajstić information content (AvgIpc) is 2.12. The molecule has 1 aliphatic rings. The van der Waals surface area contributed by atoms with Gasteiger partial charge in [-0.25, -0.2) is 0 Å². The molecule has 5 nitrogen and oxygen atoms in total. The van der Waals surface area contributed by atoms with E-state index in [4.69, 9.17) is 4.74 Å². The van der Waals surface area contributed by atoms with Crippen molar-refractivity contribution in [2.75, 3.05) is 6.61 Å². The fourth-order valence-electron chi connectivity index (χ4n) is 1.25. The fourth-order valence-corrected chi connectivity index (χ4v) is 1.25. The van der Waals surface area contributed by atoms with Gasteiger partial charge in [-0.2, -0.15) is 0 Å². The van der Waals surface area contributed by atoms with Gasteiger partial charge in [0.25, 0.3) is 0 Å². The van der Waals surface area contributed by atoms with Crippen LogP contribution in [-0.4, -0.2) is 27.0 Å². The van der Waals surface area contributed by atoms with E-state index in [0.29, 0.717) is 30.8 Å². The van der Waals surface area contributed by atoms with Gasteiger partial charge in [-0.15, -0.1) is 10.2 Å². The Morgan fingerprint density at radius 2 is 1.75 bits per heavy atom. The monoisotopic (exact) mass is 168 g/mol. The minimum absolute atomic E-state index is 0.105. The van der Waals surface area contributed by atoms with Crippen LogP contribution in [0.5, 0.6) is 11.8 Å². The quantitative estimate of drug-likeness (QED) is 0.568. The highest BCUT2D eigenvalue weighted by atomic mass is 16.5. The minimum atomic E-state index is -0.150. The van der Waals surface area contributed by atoms with Gasteiger partial charge in [0.15, 0.2) is 0 Å². The van der Waals surface area contributed by atoms with Gasteiger partial charge in [-0.05, 0) is 0 Å². The summed E-state index contributed by atoms with van der Waals surface area (Å²) in [4.78, 5) is 0. The largest absolute Gasteiger partial charge is 0.492 e. The van der Waals surface area contributed by atoms with Crippen LogP contribution >= 0.6 is 0 Å². The third-order valence-electron chi connectivity index (χ3n) is 1.89. The van der Waals surface area contributed by atoms with Crippen molar-refractivity contribution < 1.29 is 14.9 Å². The molecule has 0 aliphatic carbocycles. The second kappa shape index (κ2) is 2.60. The maximum absolute atomic E-state index is 9.24. The van der Waals surface area contributed by atoms with E-state index >= 15 is 0 Å². The summed E-state index contributed by atoms with van der Waals surface area (Å²) in [5.41, 5.74) is 1.20. The van der Waals surface area contributed by atoms with Crippen molar-refractivity contribution in [1.29, 1.82) is 0 Å². The molecule has 64 valence electrons. The van der Waals surface area contributed by atoms with Crippen LogP contribution in [0.2, 0.25) is 0 Å². The van der Waals surface area contributed by atoms with Crippen LogP contribution in [-0.2, 0) is 17.8 Å². The predicted octanol–water partition coefficient (Wildman–Crippen LogP) is -0.0395. The molecule has 0 aromatic carbocycles. The van der Waals surface area contributed by atoms with Gasteiger partial charge >= 0.3 is 0 Å². The summed E-state index contributed by atoms with van der Waals surface area (Å²) < 4.78 is 5.09. The molecule has 12 heavy (non-hydrogen) atoms. The van der Waals surface area contributed by atoms with Crippen LogP contribution in [0.1, 0.15) is 11.1 Å². The average molecular weight is 168 g/mol. The van der Waals surface area contributed by atoms with Gasteiger partial charge < -0.3 is 14.9 Å². The molecular formula is C7H8N2O3. The standard InChI is InChI=1S/C7H8N2O3/c10-6-4-1-2-12-3-5(4)7(11)9-8-6/h1-3H2,(H,8,10)(H,9,11). The molecule has 0 fully saturated rings. The SMILES string of the molecule is Oc1nnc(O)c2c1CCOC2. The Hall–Kier alpha value is -1.36. The second-order valence-electron chi connectivity index (χ2n) is 2.61. The summed E-state index contributed by atoms with van der Waals surface area (Å²) in [6.07, 6.45) is 0.574. The van der Waals surface area contributed by atoms with Crippen molar-refractivity contribution in [2.45, 2.75) is 13.0 Å². The maximum atomic E-state index is 9.24. The third-order valence-corrected chi connectivity index (χ3v) is 1.89. The van der Waals surface area contributed by atoms with Gasteiger partial charge in [0.2, 0.25) is 11.8 Å². The Labute approximate surface area is 68.6 Å². The van der Waals surface area contributed by atoms with E-state index in [1.54, 1.807) is 0 Å². The number of rotatable bonds is 0. The second-order valence-corrected chi connectivity index (χ2v) is 2.61. The lowest BCUT2D eigenvalue weighted by Gasteiger charge is -2.16. The van der Waals surface area contributed by atoms with Crippen molar-refractivity contribution in [1.82, 2.24) is 10.2 Å². The van der Waals surface area contributed by atoms with Crippen molar-refractivity contribution >= 4 is 0 Å². The molecule has 2 heterocycles. The van der Waals surface area contributed by atoms with Crippen LogP contribution in [0, 0.1) is 0 Å². The summed E-state index contributed by atoms with van der Waals surface area (Å²) in [7, 11) is 0. The smallest absolute Gasteiger partial charge is 0.237 e. The van der Waals surface area contributed by atoms with E-state index in [1.807, 2.05) is 0 Å². The van der Waals surface area contributed by atoms with Crippen LogP contribution < -0.4 is 0 Å². The van der Waals surface area contributed by atoms with Gasteiger partial charge in [-0.3, -0.25) is 0 Å². The van der Waals surface area contributed by atoms with E-state index in [-0.39, 0.29) is 11.8 Å². The van der Waals surface area contributed by atoms with Crippen molar-refractivity contribution in [3.05, 3.63) is 11.1 Å². The summed E-state index contributed by atoms with van der Waals surface area (Å²) in [6.45, 7) is 0.843. The third kappa shape index (κ3) is 0.984. The molecule has 0 atom stereocenters. The Bertz CT molecular complexity index is 283. The molecule has 0 saturated heterocycles. The number of fused-ring (bicyclic) bond motifs is 1. The molecule has 0 bridgehead atoms. The molecular weight excluding hydrogens is 160 g/mol. The summed E-state index contributed by atoms with van der Waals surface area (Å²) in [6, 6.07) is 0. The van der Waals surface area contributed by atoms with Crippen LogP contribution in [0.3, 0.4) is 0 Å². The fraction of sp³-hybridized carbons (Fsp3) is 0.429. The summed E-state index contributed by atoms with van der Waals surface area (Å²) >= 11 is 0. The van der Waals surface area contributed by atoms with E-state index in [9.17, 15) is 10.2 Å². The topological polar surface area (TPSA) is 75.5 Å². The first-order valence-corrected chi connectivity index (χ1v) is 3.63. The Morgan fingerprint density at radius 3 is 2.42 bits per heavy atom. The molecule has 1 aromatic heterocycles. The summed E-state index contributed by atoms with van der Waals surface area (Å²) in [5, 5.41) is 25.2. The van der Waals surface area contributed by atoms with Crippen molar-refractivity contribution in [3.63, 3.8) is 0 Å². The Kier molecular flexibility index (Phi) is 1.58. The number of aromatic hydroxyl groups is 2. The van der Waals surface area contributed by atoms with E-state index in [0.717, 1.165) is 0 Å². The van der Waals surface area contributed by atoms with Crippen LogP contribution in [0.15, 0.2) is 0 Å². The molecule has 0 amide bonds. The zero-order chi connectivity index (χ0) is 8.55. The number of ether oxygens (including phenoxy) is 1. The zero-order valence-electron chi connectivity index (χ0n) is 6.32. The van der Waals surface area contributed by atoms with Gasteiger partial charge in [0, 0.05) is 12.0 Å². The van der Waals surface area contributed by atoms with Gasteiger partial charge in [0.1, 0.15) is 0 Å². The first kappa shape index (κ1) is 7.30. The lowest BCUT2D eigenvalue weighted by molar-refractivity contribution is 0.106. The van der Waals surface area contributed by atoms with Crippen molar-refractivity contribution in [3.8, 4) is 11.8 Å². The highest BCUT2D eigenvalue weighted by molar-refractivity contribution is 5.39. The van der Waals surface area contributed by atoms with E-state index in [1.165, 1.54) is 0 Å². The van der Waals surface area contributed by atoms with E-state index < -0.39 is 0 Å². The van der Waals surface area contributed by atoms with Crippen LogP contribution in [0.25, 0.3) is 0 Å².